The van der Waals surface area contributed by atoms with E-state index in [1.807, 2.05) is 24.3 Å². The lowest BCUT2D eigenvalue weighted by Crippen LogP contribution is -2.45. The van der Waals surface area contributed by atoms with Gasteiger partial charge in [-0.05, 0) is 36.9 Å². The summed E-state index contributed by atoms with van der Waals surface area (Å²) in [5.41, 5.74) is 2.25. The Morgan fingerprint density at radius 2 is 1.74 bits per heavy atom. The molecular weight excluding hydrogens is 397 g/mol. The lowest BCUT2D eigenvalue weighted by atomic mass is 10.1. The van der Waals surface area contributed by atoms with Crippen LogP contribution in [0, 0.1) is 17.1 Å². The number of para-hydroxylation sites is 2. The number of rotatable bonds is 5. The molecule has 2 heterocycles. The molecule has 8 heteroatoms. The maximum absolute atomic E-state index is 13.1. The Bertz CT molecular complexity index is 1120. The van der Waals surface area contributed by atoms with Crippen LogP contribution >= 0.6 is 0 Å². The van der Waals surface area contributed by atoms with Crippen LogP contribution in [0.2, 0.25) is 0 Å². The molecule has 0 spiro atoms. The molecule has 0 radical (unpaired) electrons. The van der Waals surface area contributed by atoms with Crippen LogP contribution in [0.25, 0.3) is 11.0 Å². The van der Waals surface area contributed by atoms with E-state index < -0.39 is 11.9 Å². The van der Waals surface area contributed by atoms with Crippen molar-refractivity contribution in [1.82, 2.24) is 14.9 Å². The van der Waals surface area contributed by atoms with Crippen molar-refractivity contribution in [3.8, 4) is 6.07 Å². The highest BCUT2D eigenvalue weighted by molar-refractivity contribution is 5.85. The Hall–Kier alpha value is -3.57. The van der Waals surface area contributed by atoms with E-state index in [1.165, 1.54) is 24.3 Å². The largest absolute Gasteiger partial charge is 0.460 e. The second-order valence-electron chi connectivity index (χ2n) is 7.51. The van der Waals surface area contributed by atoms with Crippen molar-refractivity contribution in [3.05, 3.63) is 65.6 Å². The van der Waals surface area contributed by atoms with E-state index in [9.17, 15) is 14.4 Å². The van der Waals surface area contributed by atoms with Gasteiger partial charge in [-0.3, -0.25) is 4.79 Å². The topological polar surface area (TPSA) is 82.4 Å². The van der Waals surface area contributed by atoms with Crippen molar-refractivity contribution >= 4 is 22.8 Å². The van der Waals surface area contributed by atoms with Gasteiger partial charge in [0.25, 0.3) is 0 Å². The van der Waals surface area contributed by atoms with Gasteiger partial charge >= 0.3 is 5.97 Å². The minimum Gasteiger partial charge on any atom is -0.460 e. The van der Waals surface area contributed by atoms with E-state index in [0.717, 1.165) is 26.2 Å². The number of hydrogen-bond acceptors (Lipinski definition) is 7. The molecule has 1 fully saturated rings. The second-order valence-corrected chi connectivity index (χ2v) is 7.51. The van der Waals surface area contributed by atoms with E-state index in [-0.39, 0.29) is 12.4 Å². The molecule has 3 aromatic rings. The van der Waals surface area contributed by atoms with E-state index in [4.69, 9.17) is 9.72 Å². The number of hydrogen-bond donors (Lipinski definition) is 0. The SMILES string of the molecule is CN1CCN(c2nc3ccccc3nc2C(C#N)C(=O)OCc2ccc(F)cc2)CC1. The van der Waals surface area contributed by atoms with Crippen LogP contribution in [0.5, 0.6) is 0 Å². The smallest absolute Gasteiger partial charge is 0.330 e. The molecule has 158 valence electrons. The Morgan fingerprint density at radius 3 is 2.39 bits per heavy atom. The van der Waals surface area contributed by atoms with Gasteiger partial charge in [-0.2, -0.15) is 5.26 Å². The molecule has 1 atom stereocenters. The monoisotopic (exact) mass is 419 g/mol. The quantitative estimate of drug-likeness (QED) is 0.588. The number of anilines is 1. The Balaban J connectivity index is 1.64. The fourth-order valence-corrected chi connectivity index (χ4v) is 3.49. The Morgan fingerprint density at radius 1 is 1.10 bits per heavy atom. The highest BCUT2D eigenvalue weighted by Gasteiger charge is 2.31. The first-order chi connectivity index (χ1) is 15.0. The molecule has 1 unspecified atom stereocenters. The summed E-state index contributed by atoms with van der Waals surface area (Å²) in [4.78, 5) is 26.5. The first-order valence-corrected chi connectivity index (χ1v) is 10.1. The molecule has 7 nitrogen and oxygen atoms in total. The molecule has 1 aliphatic rings. The van der Waals surface area contributed by atoms with Gasteiger partial charge in [0.2, 0.25) is 0 Å². The van der Waals surface area contributed by atoms with E-state index in [1.54, 1.807) is 6.07 Å². The molecule has 0 amide bonds. The normalized spacial score (nSPS) is 15.5. The van der Waals surface area contributed by atoms with Gasteiger partial charge in [0.05, 0.1) is 17.1 Å². The average Bonchev–Trinajstić information content (AvgIpc) is 2.79. The zero-order valence-corrected chi connectivity index (χ0v) is 17.2. The lowest BCUT2D eigenvalue weighted by molar-refractivity contribution is -0.145. The number of carbonyl (C=O) groups excluding carboxylic acids is 1. The molecule has 0 saturated carbocycles. The minimum atomic E-state index is -1.22. The fraction of sp³-hybridized carbons (Fsp3) is 0.304. The number of aromatic nitrogens is 2. The number of nitrogens with zero attached hydrogens (tertiary/aromatic N) is 5. The number of likely N-dealkylation sites (N-methyl/N-ethyl adjacent to an activating group) is 1. The average molecular weight is 419 g/mol. The molecule has 0 N–H and O–H groups in total. The number of piperazine rings is 1. The highest BCUT2D eigenvalue weighted by Crippen LogP contribution is 2.28. The molecular formula is C23H22FN5O2. The molecule has 4 rings (SSSR count). The van der Waals surface area contributed by atoms with Crippen LogP contribution in [0.4, 0.5) is 10.2 Å². The zero-order valence-electron chi connectivity index (χ0n) is 17.2. The van der Waals surface area contributed by atoms with Gasteiger partial charge in [0, 0.05) is 26.2 Å². The van der Waals surface area contributed by atoms with Gasteiger partial charge in [-0.25, -0.2) is 14.4 Å². The van der Waals surface area contributed by atoms with Crippen molar-refractivity contribution in [2.45, 2.75) is 12.5 Å². The van der Waals surface area contributed by atoms with Gasteiger partial charge in [-0.1, -0.05) is 24.3 Å². The van der Waals surface area contributed by atoms with Crippen molar-refractivity contribution in [2.24, 2.45) is 0 Å². The van der Waals surface area contributed by atoms with Crippen LogP contribution < -0.4 is 4.90 Å². The summed E-state index contributed by atoms with van der Waals surface area (Å²) in [5.74, 6) is -1.75. The highest BCUT2D eigenvalue weighted by atomic mass is 19.1. The Kier molecular flexibility index (Phi) is 6.05. The van der Waals surface area contributed by atoms with Crippen LogP contribution in [-0.4, -0.2) is 54.1 Å². The summed E-state index contributed by atoms with van der Waals surface area (Å²) in [6.07, 6.45) is 0. The third kappa shape index (κ3) is 4.62. The lowest BCUT2D eigenvalue weighted by Gasteiger charge is -2.34. The summed E-state index contributed by atoms with van der Waals surface area (Å²) in [6.45, 7) is 3.08. The molecule has 0 aliphatic carbocycles. The van der Waals surface area contributed by atoms with Crippen LogP contribution in [0.15, 0.2) is 48.5 Å². The van der Waals surface area contributed by atoms with Crippen LogP contribution in [0.3, 0.4) is 0 Å². The molecule has 1 aliphatic heterocycles. The zero-order chi connectivity index (χ0) is 21.8. The maximum atomic E-state index is 13.1. The first-order valence-electron chi connectivity index (χ1n) is 10.1. The predicted octanol–water partition coefficient (Wildman–Crippen LogP) is 2.87. The summed E-state index contributed by atoms with van der Waals surface area (Å²) >= 11 is 0. The molecule has 0 bridgehead atoms. The summed E-state index contributed by atoms with van der Waals surface area (Å²) in [6, 6.07) is 15.1. The van der Waals surface area contributed by atoms with Gasteiger partial charge < -0.3 is 14.5 Å². The van der Waals surface area contributed by atoms with Crippen molar-refractivity contribution in [3.63, 3.8) is 0 Å². The third-order valence-electron chi connectivity index (χ3n) is 5.31. The number of fused-ring (bicyclic) bond motifs is 1. The summed E-state index contributed by atoms with van der Waals surface area (Å²) < 4.78 is 18.5. The van der Waals surface area contributed by atoms with Crippen molar-refractivity contribution in [2.75, 3.05) is 38.1 Å². The molecule has 31 heavy (non-hydrogen) atoms. The standard InChI is InChI=1S/C23H22FN5O2/c1-28-10-12-29(13-11-28)22-21(26-19-4-2-3-5-20(19)27-22)18(14-25)23(30)31-15-16-6-8-17(24)9-7-16/h2-9,18H,10-13,15H2,1H3. The number of esters is 1. The molecule has 1 aromatic heterocycles. The Labute approximate surface area is 179 Å². The summed E-state index contributed by atoms with van der Waals surface area (Å²) in [7, 11) is 2.05. The third-order valence-corrected chi connectivity index (χ3v) is 5.31. The van der Waals surface area contributed by atoms with Crippen molar-refractivity contribution in [1.29, 1.82) is 5.26 Å². The first kappa shape index (κ1) is 20.7. The number of ether oxygens (including phenoxy) is 1. The second kappa shape index (κ2) is 9.06. The van der Waals surface area contributed by atoms with Crippen LogP contribution in [-0.2, 0) is 16.1 Å². The number of benzene rings is 2. The fourth-order valence-electron chi connectivity index (χ4n) is 3.49. The van der Waals surface area contributed by atoms with Crippen molar-refractivity contribution < 1.29 is 13.9 Å². The molecule has 1 saturated heterocycles. The minimum absolute atomic E-state index is 0.0534. The molecule has 2 aromatic carbocycles. The van der Waals surface area contributed by atoms with E-state index >= 15 is 0 Å². The number of halogens is 1. The van der Waals surface area contributed by atoms with Gasteiger partial charge in [0.15, 0.2) is 11.7 Å². The van der Waals surface area contributed by atoms with Gasteiger partial charge in [-0.15, -0.1) is 0 Å². The van der Waals surface area contributed by atoms with E-state index in [0.29, 0.717) is 28.1 Å². The van der Waals surface area contributed by atoms with Gasteiger partial charge in [0.1, 0.15) is 18.1 Å². The van der Waals surface area contributed by atoms with Crippen LogP contribution in [0.1, 0.15) is 17.2 Å². The summed E-state index contributed by atoms with van der Waals surface area (Å²) in [5, 5.41) is 9.83. The predicted molar refractivity (Wildman–Crippen MR) is 114 cm³/mol. The number of nitriles is 1. The maximum Gasteiger partial charge on any atom is 0.330 e. The number of carbonyl (C=O) groups is 1. The van der Waals surface area contributed by atoms with E-state index in [2.05, 4.69) is 21.8 Å².